The van der Waals surface area contributed by atoms with Crippen LogP contribution in [0, 0.1) is 5.82 Å². The van der Waals surface area contributed by atoms with Gasteiger partial charge in [0.1, 0.15) is 5.82 Å². The Balaban J connectivity index is 1.30. The maximum Gasteiger partial charge on any atom is 0.257 e. The Bertz CT molecular complexity index is 1330. The zero-order valence-corrected chi connectivity index (χ0v) is 17.8. The summed E-state index contributed by atoms with van der Waals surface area (Å²) in [4.78, 5) is 18.2. The summed E-state index contributed by atoms with van der Waals surface area (Å²) >= 11 is 0. The molecule has 2 fully saturated rings. The van der Waals surface area contributed by atoms with Gasteiger partial charge in [-0.25, -0.2) is 9.37 Å². The van der Waals surface area contributed by atoms with E-state index in [-0.39, 0.29) is 11.7 Å². The number of pyridine rings is 1. The second kappa shape index (κ2) is 7.25. The van der Waals surface area contributed by atoms with E-state index >= 15 is 0 Å². The van der Waals surface area contributed by atoms with Gasteiger partial charge in [-0.3, -0.25) is 14.2 Å². The summed E-state index contributed by atoms with van der Waals surface area (Å²) in [5.41, 5.74) is 4.28. The van der Waals surface area contributed by atoms with Crippen LogP contribution in [0.5, 0.6) is 0 Å². The molecule has 32 heavy (non-hydrogen) atoms. The SMILES string of the molecule is Cn1nc(C2CC2)c2c(C(=O)Nc3ccn(Cc4ccc(F)cc4)n3)cc(C3CC3)nc21. The van der Waals surface area contributed by atoms with Crippen molar-refractivity contribution in [2.75, 3.05) is 5.32 Å². The molecule has 0 atom stereocenters. The second-order valence-electron chi connectivity index (χ2n) is 8.83. The minimum absolute atomic E-state index is 0.193. The lowest BCUT2D eigenvalue weighted by Crippen LogP contribution is -2.14. The molecule has 2 saturated carbocycles. The van der Waals surface area contributed by atoms with Gasteiger partial charge in [-0.2, -0.15) is 10.2 Å². The number of benzene rings is 1. The first kappa shape index (κ1) is 19.2. The van der Waals surface area contributed by atoms with Crippen molar-refractivity contribution in [3.05, 3.63) is 70.9 Å². The van der Waals surface area contributed by atoms with Crippen molar-refractivity contribution in [2.45, 2.75) is 44.1 Å². The predicted octanol–water partition coefficient (Wildman–Crippen LogP) is 4.36. The molecule has 1 amide bonds. The molecule has 0 spiro atoms. The second-order valence-corrected chi connectivity index (χ2v) is 8.83. The molecular formula is C24H23FN6O. The van der Waals surface area contributed by atoms with Crippen LogP contribution in [0.3, 0.4) is 0 Å². The maximum absolute atomic E-state index is 13.4. The average Bonchev–Trinajstić information content (AvgIpc) is 3.71. The van der Waals surface area contributed by atoms with Crippen LogP contribution >= 0.6 is 0 Å². The van der Waals surface area contributed by atoms with E-state index in [0.29, 0.717) is 29.8 Å². The van der Waals surface area contributed by atoms with Crippen LogP contribution in [-0.2, 0) is 13.6 Å². The third-order valence-corrected chi connectivity index (χ3v) is 6.18. The third kappa shape index (κ3) is 3.55. The maximum atomic E-state index is 13.4. The minimum Gasteiger partial charge on any atom is -0.305 e. The minimum atomic E-state index is -0.266. The topological polar surface area (TPSA) is 77.6 Å². The summed E-state index contributed by atoms with van der Waals surface area (Å²) < 4.78 is 16.7. The molecule has 0 bridgehead atoms. The average molecular weight is 430 g/mol. The number of carbonyl (C=O) groups is 1. The number of hydrogen-bond donors (Lipinski definition) is 1. The highest BCUT2D eigenvalue weighted by molar-refractivity contribution is 6.12. The first-order valence-corrected chi connectivity index (χ1v) is 11.0. The summed E-state index contributed by atoms with van der Waals surface area (Å²) in [6, 6.07) is 10.0. The van der Waals surface area contributed by atoms with Crippen molar-refractivity contribution in [3.63, 3.8) is 0 Å². The van der Waals surface area contributed by atoms with Gasteiger partial charge in [-0.1, -0.05) is 12.1 Å². The first-order chi connectivity index (χ1) is 15.5. The van der Waals surface area contributed by atoms with Crippen molar-refractivity contribution < 1.29 is 9.18 Å². The molecule has 3 aromatic heterocycles. The number of fused-ring (bicyclic) bond motifs is 1. The highest BCUT2D eigenvalue weighted by atomic mass is 19.1. The van der Waals surface area contributed by atoms with Gasteiger partial charge in [0.2, 0.25) is 0 Å². The summed E-state index contributed by atoms with van der Waals surface area (Å²) in [6.45, 7) is 0.496. The standard InChI is InChI=1S/C24H23FN6O/c1-30-23-21(22(29-30)16-6-7-16)18(12-19(26-23)15-4-5-15)24(32)27-20-10-11-31(28-20)13-14-2-8-17(25)9-3-14/h2-3,8-12,15-16H,4-7,13H2,1H3,(H,27,28,32). The molecule has 6 rings (SSSR count). The fourth-order valence-electron chi connectivity index (χ4n) is 4.18. The van der Waals surface area contributed by atoms with Crippen molar-refractivity contribution in [2.24, 2.45) is 7.05 Å². The number of anilines is 1. The summed E-state index contributed by atoms with van der Waals surface area (Å²) in [6.07, 6.45) is 6.23. The van der Waals surface area contributed by atoms with Gasteiger partial charge >= 0.3 is 0 Å². The van der Waals surface area contributed by atoms with Crippen LogP contribution in [-0.4, -0.2) is 30.5 Å². The van der Waals surface area contributed by atoms with Crippen molar-refractivity contribution >= 4 is 22.8 Å². The molecule has 0 radical (unpaired) electrons. The van der Waals surface area contributed by atoms with Crippen molar-refractivity contribution in [1.82, 2.24) is 24.5 Å². The molecule has 2 aliphatic rings. The number of halogens is 1. The number of nitrogens with one attached hydrogen (secondary N) is 1. The Hall–Kier alpha value is -3.55. The Labute approximate surface area is 184 Å². The molecule has 8 heteroatoms. The first-order valence-electron chi connectivity index (χ1n) is 11.0. The third-order valence-electron chi connectivity index (χ3n) is 6.18. The van der Waals surface area contributed by atoms with Gasteiger partial charge in [0.05, 0.1) is 23.2 Å². The van der Waals surface area contributed by atoms with E-state index in [2.05, 4.69) is 10.4 Å². The number of carbonyl (C=O) groups excluding carboxylic acids is 1. The van der Waals surface area contributed by atoms with E-state index in [1.54, 1.807) is 29.1 Å². The molecule has 3 heterocycles. The van der Waals surface area contributed by atoms with Crippen LogP contribution in [0.4, 0.5) is 10.2 Å². The Kier molecular flexibility index (Phi) is 4.34. The van der Waals surface area contributed by atoms with E-state index in [1.807, 2.05) is 17.8 Å². The lowest BCUT2D eigenvalue weighted by Gasteiger charge is -2.08. The van der Waals surface area contributed by atoms with Crippen LogP contribution in [0.2, 0.25) is 0 Å². The van der Waals surface area contributed by atoms with Crippen LogP contribution in [0.15, 0.2) is 42.6 Å². The van der Waals surface area contributed by atoms with Crippen LogP contribution in [0.25, 0.3) is 11.0 Å². The van der Waals surface area contributed by atoms with Gasteiger partial charge in [0.25, 0.3) is 5.91 Å². The van der Waals surface area contributed by atoms with Gasteiger partial charge in [0, 0.05) is 36.8 Å². The van der Waals surface area contributed by atoms with Gasteiger partial charge < -0.3 is 5.32 Å². The van der Waals surface area contributed by atoms with Crippen LogP contribution in [0.1, 0.15) is 64.8 Å². The molecule has 1 N–H and O–H groups in total. The number of rotatable bonds is 6. The fourth-order valence-corrected chi connectivity index (χ4v) is 4.18. The van der Waals surface area contributed by atoms with Crippen molar-refractivity contribution in [1.29, 1.82) is 0 Å². The highest BCUT2D eigenvalue weighted by Gasteiger charge is 2.33. The Morgan fingerprint density at radius 3 is 2.56 bits per heavy atom. The molecule has 7 nitrogen and oxygen atoms in total. The van der Waals surface area contributed by atoms with E-state index in [1.165, 1.54) is 12.1 Å². The summed E-state index contributed by atoms with van der Waals surface area (Å²) in [5, 5.41) is 13.0. The molecule has 0 unspecified atom stereocenters. The molecule has 0 saturated heterocycles. The van der Waals surface area contributed by atoms with Crippen molar-refractivity contribution in [3.8, 4) is 0 Å². The molecule has 0 aliphatic heterocycles. The van der Waals surface area contributed by atoms with Gasteiger partial charge in [0.15, 0.2) is 11.5 Å². The normalized spacial score (nSPS) is 15.9. The smallest absolute Gasteiger partial charge is 0.257 e. The monoisotopic (exact) mass is 430 g/mol. The largest absolute Gasteiger partial charge is 0.305 e. The number of amides is 1. The van der Waals surface area contributed by atoms with E-state index in [4.69, 9.17) is 10.1 Å². The highest BCUT2D eigenvalue weighted by Crippen LogP contribution is 2.45. The Morgan fingerprint density at radius 1 is 1.09 bits per heavy atom. The van der Waals surface area contributed by atoms with E-state index in [9.17, 15) is 9.18 Å². The molecule has 2 aliphatic carbocycles. The molecule has 162 valence electrons. The molecule has 4 aromatic rings. The zero-order valence-electron chi connectivity index (χ0n) is 17.8. The van der Waals surface area contributed by atoms with E-state index in [0.717, 1.165) is 53.7 Å². The summed E-state index contributed by atoms with van der Waals surface area (Å²) in [5.74, 6) is 0.861. The van der Waals surface area contributed by atoms with E-state index < -0.39 is 0 Å². The Morgan fingerprint density at radius 2 is 1.84 bits per heavy atom. The lowest BCUT2D eigenvalue weighted by molar-refractivity contribution is 0.102. The van der Waals surface area contributed by atoms with Gasteiger partial charge in [-0.05, 0) is 49.4 Å². The van der Waals surface area contributed by atoms with Gasteiger partial charge in [-0.15, -0.1) is 0 Å². The summed E-state index contributed by atoms with van der Waals surface area (Å²) in [7, 11) is 1.90. The lowest BCUT2D eigenvalue weighted by atomic mass is 10.0. The van der Waals surface area contributed by atoms with Crippen LogP contribution < -0.4 is 5.32 Å². The number of aromatic nitrogens is 5. The number of nitrogens with zero attached hydrogens (tertiary/aromatic N) is 5. The quantitative estimate of drug-likeness (QED) is 0.493. The fraction of sp³-hybridized carbons (Fsp3) is 0.333. The molecule has 1 aromatic carbocycles. The number of aryl methyl sites for hydroxylation is 1. The predicted molar refractivity (Wildman–Crippen MR) is 118 cm³/mol. The number of hydrogen-bond acceptors (Lipinski definition) is 4. The zero-order chi connectivity index (χ0) is 21.8. The molecular weight excluding hydrogens is 407 g/mol.